The van der Waals surface area contributed by atoms with Gasteiger partial charge in [0.05, 0.1) is 32.9 Å². The largest absolute Gasteiger partial charge is 0.493 e. The van der Waals surface area contributed by atoms with Gasteiger partial charge in [-0.3, -0.25) is 4.79 Å². The molecular weight excluding hydrogens is 404 g/mol. The highest BCUT2D eigenvalue weighted by Gasteiger charge is 2.21. The molecule has 2 heterocycles. The number of ether oxygens (including phenoxy) is 4. The summed E-state index contributed by atoms with van der Waals surface area (Å²) in [6.45, 7) is 0.775. The summed E-state index contributed by atoms with van der Waals surface area (Å²) < 4.78 is 22.1. The van der Waals surface area contributed by atoms with E-state index in [0.29, 0.717) is 36.1 Å². The molecule has 0 fully saturated rings. The fourth-order valence-corrected chi connectivity index (χ4v) is 3.93. The van der Waals surface area contributed by atoms with Crippen LogP contribution in [0.15, 0.2) is 47.8 Å². The van der Waals surface area contributed by atoms with E-state index in [9.17, 15) is 4.79 Å². The van der Waals surface area contributed by atoms with E-state index in [1.54, 1.807) is 14.2 Å². The van der Waals surface area contributed by atoms with Crippen molar-refractivity contribution in [2.45, 2.75) is 12.5 Å². The summed E-state index contributed by atoms with van der Waals surface area (Å²) in [5, 5.41) is 5.61. The third kappa shape index (κ3) is 4.49. The summed E-state index contributed by atoms with van der Waals surface area (Å²) in [6, 6.07) is 13.1. The quantitative estimate of drug-likeness (QED) is 0.624. The molecule has 2 aromatic carbocycles. The zero-order valence-electron chi connectivity index (χ0n) is 16.7. The number of hydrogen-bond acceptors (Lipinski definition) is 7. The topological polar surface area (TPSA) is 78.9 Å². The Hall–Kier alpha value is -3.26. The van der Waals surface area contributed by atoms with Crippen molar-refractivity contribution in [1.29, 1.82) is 0 Å². The Morgan fingerprint density at radius 2 is 1.97 bits per heavy atom. The highest BCUT2D eigenvalue weighted by Crippen LogP contribution is 2.33. The van der Waals surface area contributed by atoms with Crippen LogP contribution in [0, 0.1) is 0 Å². The summed E-state index contributed by atoms with van der Waals surface area (Å²) >= 11 is 1.48. The number of fused-ring (bicyclic) bond motifs is 1. The van der Waals surface area contributed by atoms with E-state index in [4.69, 9.17) is 18.9 Å². The zero-order chi connectivity index (χ0) is 20.9. The van der Waals surface area contributed by atoms with E-state index < -0.39 is 0 Å². The monoisotopic (exact) mass is 426 g/mol. The van der Waals surface area contributed by atoms with Crippen LogP contribution in [-0.4, -0.2) is 44.4 Å². The van der Waals surface area contributed by atoms with Gasteiger partial charge in [0.1, 0.15) is 17.7 Å². The number of carbonyl (C=O) groups is 1. The van der Waals surface area contributed by atoms with Gasteiger partial charge in [0, 0.05) is 10.9 Å². The Bertz CT molecular complexity index is 1040. The van der Waals surface area contributed by atoms with Crippen LogP contribution in [0.4, 0.5) is 0 Å². The van der Waals surface area contributed by atoms with Crippen molar-refractivity contribution in [3.05, 3.63) is 53.5 Å². The van der Waals surface area contributed by atoms with E-state index in [1.807, 2.05) is 47.8 Å². The van der Waals surface area contributed by atoms with Crippen molar-refractivity contribution in [3.63, 3.8) is 0 Å². The molecule has 156 valence electrons. The summed E-state index contributed by atoms with van der Waals surface area (Å²) in [7, 11) is 3.19. The first-order valence-corrected chi connectivity index (χ1v) is 10.4. The Morgan fingerprint density at radius 3 is 2.77 bits per heavy atom. The van der Waals surface area contributed by atoms with Crippen LogP contribution in [-0.2, 0) is 11.2 Å². The molecule has 1 amide bonds. The van der Waals surface area contributed by atoms with Crippen LogP contribution in [0.25, 0.3) is 10.6 Å². The molecule has 0 saturated carbocycles. The second-order valence-electron chi connectivity index (χ2n) is 6.69. The number of thiazole rings is 1. The van der Waals surface area contributed by atoms with Gasteiger partial charge in [-0.1, -0.05) is 12.1 Å². The average Bonchev–Trinajstić information content (AvgIpc) is 3.25. The Balaban J connectivity index is 1.32. The van der Waals surface area contributed by atoms with E-state index in [-0.39, 0.29) is 18.4 Å². The van der Waals surface area contributed by atoms with Crippen molar-refractivity contribution >= 4 is 17.2 Å². The summed E-state index contributed by atoms with van der Waals surface area (Å²) in [5.41, 5.74) is 1.63. The molecule has 4 rings (SSSR count). The number of carbonyl (C=O) groups excluding carboxylic acids is 1. The average molecular weight is 426 g/mol. The van der Waals surface area contributed by atoms with Gasteiger partial charge in [-0.15, -0.1) is 11.3 Å². The lowest BCUT2D eigenvalue weighted by atomic mass is 10.2. The molecule has 0 spiro atoms. The van der Waals surface area contributed by atoms with Crippen LogP contribution in [0.3, 0.4) is 0 Å². The lowest BCUT2D eigenvalue weighted by molar-refractivity contribution is -0.121. The fraction of sp³-hybridized carbons (Fsp3) is 0.273. The zero-order valence-corrected chi connectivity index (χ0v) is 17.5. The molecule has 8 heteroatoms. The smallest absolute Gasteiger partial charge is 0.226 e. The second kappa shape index (κ2) is 9.04. The van der Waals surface area contributed by atoms with E-state index in [2.05, 4.69) is 10.3 Å². The number of aromatic nitrogens is 1. The third-order valence-electron chi connectivity index (χ3n) is 4.62. The second-order valence-corrected chi connectivity index (χ2v) is 7.55. The van der Waals surface area contributed by atoms with Gasteiger partial charge < -0.3 is 24.3 Å². The van der Waals surface area contributed by atoms with Crippen molar-refractivity contribution in [1.82, 2.24) is 10.3 Å². The van der Waals surface area contributed by atoms with Gasteiger partial charge >= 0.3 is 0 Å². The summed E-state index contributed by atoms with van der Waals surface area (Å²) in [4.78, 5) is 16.9. The molecule has 0 unspecified atom stereocenters. The first-order valence-electron chi connectivity index (χ1n) is 9.48. The number of nitrogens with zero attached hydrogens (tertiary/aromatic N) is 1. The lowest BCUT2D eigenvalue weighted by Crippen LogP contribution is -2.41. The van der Waals surface area contributed by atoms with Crippen molar-refractivity contribution in [2.24, 2.45) is 0 Å². The first-order chi connectivity index (χ1) is 14.7. The molecule has 1 aromatic heterocycles. The number of hydrogen-bond donors (Lipinski definition) is 1. The minimum atomic E-state index is -0.221. The number of para-hydroxylation sites is 2. The Labute approximate surface area is 178 Å². The lowest BCUT2D eigenvalue weighted by Gasteiger charge is -2.26. The van der Waals surface area contributed by atoms with Crippen LogP contribution in [0.2, 0.25) is 0 Å². The van der Waals surface area contributed by atoms with Gasteiger partial charge in [0.25, 0.3) is 0 Å². The van der Waals surface area contributed by atoms with E-state index >= 15 is 0 Å². The number of amides is 1. The van der Waals surface area contributed by atoms with Gasteiger partial charge in [0.2, 0.25) is 5.91 Å². The van der Waals surface area contributed by atoms with Crippen LogP contribution in [0.5, 0.6) is 23.0 Å². The number of methoxy groups -OCH3 is 2. The maximum absolute atomic E-state index is 12.4. The molecule has 0 radical (unpaired) electrons. The number of nitrogens with one attached hydrogen (secondary N) is 1. The van der Waals surface area contributed by atoms with Crippen LogP contribution >= 0.6 is 11.3 Å². The Kier molecular flexibility index (Phi) is 6.04. The van der Waals surface area contributed by atoms with Crippen molar-refractivity contribution in [3.8, 4) is 33.6 Å². The predicted molar refractivity (Wildman–Crippen MR) is 114 cm³/mol. The highest BCUT2D eigenvalue weighted by molar-refractivity contribution is 7.13. The molecule has 7 nitrogen and oxygen atoms in total. The van der Waals surface area contributed by atoms with Crippen molar-refractivity contribution in [2.75, 3.05) is 27.4 Å². The molecule has 30 heavy (non-hydrogen) atoms. The van der Waals surface area contributed by atoms with Gasteiger partial charge in [-0.2, -0.15) is 0 Å². The van der Waals surface area contributed by atoms with Crippen LogP contribution < -0.4 is 24.3 Å². The molecule has 1 aliphatic heterocycles. The molecule has 3 aromatic rings. The predicted octanol–water partition coefficient (Wildman–Crippen LogP) is 3.33. The number of benzene rings is 2. The maximum atomic E-state index is 12.4. The van der Waals surface area contributed by atoms with Gasteiger partial charge in [0.15, 0.2) is 23.0 Å². The van der Waals surface area contributed by atoms with Crippen LogP contribution in [0.1, 0.15) is 5.69 Å². The molecule has 1 N–H and O–H groups in total. The normalized spacial score (nSPS) is 14.8. The molecule has 0 aliphatic carbocycles. The van der Waals surface area contributed by atoms with Crippen molar-refractivity contribution < 1.29 is 23.7 Å². The van der Waals surface area contributed by atoms with E-state index in [0.717, 1.165) is 16.3 Å². The standard InChI is InChI=1S/C22H22N2O5S/c1-26-17-8-7-14(9-20(17)27-2)22-24-15(13-30-22)10-21(25)23-11-16-12-28-18-5-3-4-6-19(18)29-16/h3-9,13,16H,10-12H2,1-2H3,(H,23,25)/t16-/m1/s1. The molecule has 1 atom stereocenters. The fourth-order valence-electron chi connectivity index (χ4n) is 3.11. The minimum absolute atomic E-state index is 0.110. The number of rotatable bonds is 7. The molecule has 0 bridgehead atoms. The minimum Gasteiger partial charge on any atom is -0.493 e. The Morgan fingerprint density at radius 1 is 1.17 bits per heavy atom. The molecule has 0 saturated heterocycles. The summed E-state index contributed by atoms with van der Waals surface area (Å²) in [6.07, 6.45) is -0.0184. The highest BCUT2D eigenvalue weighted by atomic mass is 32.1. The summed E-state index contributed by atoms with van der Waals surface area (Å²) in [5.74, 6) is 2.61. The maximum Gasteiger partial charge on any atom is 0.226 e. The van der Waals surface area contributed by atoms with Gasteiger partial charge in [-0.25, -0.2) is 4.98 Å². The van der Waals surface area contributed by atoms with Gasteiger partial charge in [-0.05, 0) is 30.3 Å². The molecule has 1 aliphatic rings. The first kappa shape index (κ1) is 20.0. The SMILES string of the molecule is COc1ccc(-c2nc(CC(=O)NC[C@@H]3COc4ccccc4O3)cs2)cc1OC. The molecular formula is C22H22N2O5S. The van der Waals surface area contributed by atoms with E-state index in [1.165, 1.54) is 11.3 Å². The third-order valence-corrected chi connectivity index (χ3v) is 5.56.